The van der Waals surface area contributed by atoms with Crippen LogP contribution in [0.2, 0.25) is 0 Å². The summed E-state index contributed by atoms with van der Waals surface area (Å²) in [5.74, 6) is 1.03. The van der Waals surface area contributed by atoms with E-state index in [4.69, 9.17) is 0 Å². The van der Waals surface area contributed by atoms with Gasteiger partial charge in [-0.25, -0.2) is 9.67 Å². The van der Waals surface area contributed by atoms with E-state index in [0.29, 0.717) is 0 Å². The highest BCUT2D eigenvalue weighted by atomic mass is 15.4. The van der Waals surface area contributed by atoms with Crippen molar-refractivity contribution >= 4 is 0 Å². The van der Waals surface area contributed by atoms with Gasteiger partial charge < -0.3 is 10.2 Å². The molecule has 1 aromatic heterocycles. The normalized spacial score (nSPS) is 16.8. The van der Waals surface area contributed by atoms with Crippen LogP contribution < -0.4 is 5.32 Å². The summed E-state index contributed by atoms with van der Waals surface area (Å²) in [6, 6.07) is 0.173. The Balaban J connectivity index is 3.11. The molecule has 0 spiro atoms. The van der Waals surface area contributed by atoms with Gasteiger partial charge in [-0.1, -0.05) is 13.8 Å². The van der Waals surface area contributed by atoms with E-state index in [1.165, 1.54) is 0 Å². The van der Waals surface area contributed by atoms with E-state index in [0.717, 1.165) is 25.2 Å². The highest BCUT2D eigenvalue weighted by Crippen LogP contribution is 2.31. The number of hydrogen-bond donors (Lipinski definition) is 1. The fraction of sp³-hybridized carbons (Fsp3) is 0.846. The highest BCUT2D eigenvalue weighted by molar-refractivity contribution is 5.06. The van der Waals surface area contributed by atoms with Gasteiger partial charge in [0.1, 0.15) is 12.2 Å². The molecule has 1 N–H and O–H groups in total. The quantitative estimate of drug-likeness (QED) is 0.803. The van der Waals surface area contributed by atoms with E-state index in [1.807, 2.05) is 11.7 Å². The fourth-order valence-corrected chi connectivity index (χ4v) is 2.38. The first kappa shape index (κ1) is 15.1. The predicted octanol–water partition coefficient (Wildman–Crippen LogP) is 1.68. The van der Waals surface area contributed by atoms with Crippen LogP contribution in [-0.2, 0) is 6.54 Å². The van der Waals surface area contributed by atoms with Crippen LogP contribution in [0.25, 0.3) is 0 Å². The summed E-state index contributed by atoms with van der Waals surface area (Å²) < 4.78 is 2.01. The SMILES string of the molecule is CCCn1ncnc1C(NC)C(C)(CC)N(C)C. The second kappa shape index (κ2) is 6.29. The van der Waals surface area contributed by atoms with Gasteiger partial charge in [-0.05, 0) is 40.9 Å². The Morgan fingerprint density at radius 3 is 2.56 bits per heavy atom. The van der Waals surface area contributed by atoms with Gasteiger partial charge in [0.05, 0.1) is 6.04 Å². The molecule has 2 unspecified atom stereocenters. The Labute approximate surface area is 111 Å². The zero-order chi connectivity index (χ0) is 13.8. The first-order chi connectivity index (χ1) is 8.51. The van der Waals surface area contributed by atoms with Crippen LogP contribution in [0, 0.1) is 0 Å². The standard InChI is InChI=1S/C13H27N5/c1-7-9-18-12(15-10-16-18)11(14-4)13(3,8-2)17(5)6/h10-11,14H,7-9H2,1-6H3. The van der Waals surface area contributed by atoms with E-state index in [2.05, 4.69) is 55.2 Å². The summed E-state index contributed by atoms with van der Waals surface area (Å²) in [4.78, 5) is 6.73. The number of likely N-dealkylation sites (N-methyl/N-ethyl adjacent to an activating group) is 2. The average molecular weight is 253 g/mol. The topological polar surface area (TPSA) is 46.0 Å². The van der Waals surface area contributed by atoms with Crippen molar-refractivity contribution in [3.05, 3.63) is 12.2 Å². The number of nitrogens with zero attached hydrogens (tertiary/aromatic N) is 4. The molecule has 0 radical (unpaired) electrons. The molecule has 0 aliphatic heterocycles. The second-order valence-electron chi connectivity index (χ2n) is 5.17. The third kappa shape index (κ3) is 2.72. The third-order valence-corrected chi connectivity index (χ3v) is 3.99. The van der Waals surface area contributed by atoms with E-state index in [-0.39, 0.29) is 11.6 Å². The van der Waals surface area contributed by atoms with Crippen LogP contribution >= 0.6 is 0 Å². The molecule has 0 fully saturated rings. The van der Waals surface area contributed by atoms with Gasteiger partial charge in [0.15, 0.2) is 0 Å². The largest absolute Gasteiger partial charge is 0.309 e. The molecule has 0 bridgehead atoms. The molecule has 0 saturated heterocycles. The summed E-state index contributed by atoms with van der Waals surface area (Å²) in [5.41, 5.74) is 0.0211. The van der Waals surface area contributed by atoms with Crippen molar-refractivity contribution in [1.82, 2.24) is 25.0 Å². The van der Waals surface area contributed by atoms with Gasteiger partial charge in [0.2, 0.25) is 0 Å². The van der Waals surface area contributed by atoms with Crippen LogP contribution in [0.3, 0.4) is 0 Å². The van der Waals surface area contributed by atoms with E-state index in [9.17, 15) is 0 Å². The Kier molecular flexibility index (Phi) is 5.28. The molecule has 104 valence electrons. The Morgan fingerprint density at radius 1 is 1.44 bits per heavy atom. The molecule has 1 aromatic rings. The van der Waals surface area contributed by atoms with Gasteiger partial charge in [-0.15, -0.1) is 0 Å². The van der Waals surface area contributed by atoms with Crippen molar-refractivity contribution in [2.24, 2.45) is 0 Å². The van der Waals surface area contributed by atoms with Gasteiger partial charge in [0, 0.05) is 12.1 Å². The van der Waals surface area contributed by atoms with Crippen molar-refractivity contribution in [1.29, 1.82) is 0 Å². The zero-order valence-corrected chi connectivity index (χ0v) is 12.6. The van der Waals surface area contributed by atoms with Crippen molar-refractivity contribution in [3.8, 4) is 0 Å². The van der Waals surface area contributed by atoms with Crippen LogP contribution in [0.15, 0.2) is 6.33 Å². The lowest BCUT2D eigenvalue weighted by Gasteiger charge is -2.42. The van der Waals surface area contributed by atoms with Crippen LogP contribution in [-0.4, -0.2) is 46.3 Å². The lowest BCUT2D eigenvalue weighted by Crippen LogP contribution is -2.51. The maximum absolute atomic E-state index is 4.47. The Bertz CT molecular complexity index is 360. The molecule has 1 rings (SSSR count). The smallest absolute Gasteiger partial charge is 0.145 e. The number of aromatic nitrogens is 3. The zero-order valence-electron chi connectivity index (χ0n) is 12.6. The minimum absolute atomic E-state index is 0.0211. The van der Waals surface area contributed by atoms with Gasteiger partial charge in [-0.2, -0.15) is 5.10 Å². The molecule has 18 heavy (non-hydrogen) atoms. The monoisotopic (exact) mass is 253 g/mol. The summed E-state index contributed by atoms with van der Waals surface area (Å²) in [6.07, 6.45) is 3.77. The van der Waals surface area contributed by atoms with Gasteiger partial charge >= 0.3 is 0 Å². The number of aryl methyl sites for hydroxylation is 1. The molecule has 0 saturated carbocycles. The molecule has 1 heterocycles. The van der Waals surface area contributed by atoms with Crippen LogP contribution in [0.5, 0.6) is 0 Å². The molecule has 0 aliphatic rings. The van der Waals surface area contributed by atoms with E-state index >= 15 is 0 Å². The molecule has 0 aromatic carbocycles. The lowest BCUT2D eigenvalue weighted by atomic mass is 9.87. The van der Waals surface area contributed by atoms with Crippen LogP contribution in [0.1, 0.15) is 45.5 Å². The minimum atomic E-state index is 0.0211. The van der Waals surface area contributed by atoms with Crippen LogP contribution in [0.4, 0.5) is 0 Å². The summed E-state index contributed by atoms with van der Waals surface area (Å²) in [5, 5.41) is 7.74. The summed E-state index contributed by atoms with van der Waals surface area (Å²) in [6.45, 7) is 7.55. The average Bonchev–Trinajstić information content (AvgIpc) is 2.78. The molecule has 0 amide bonds. The maximum Gasteiger partial charge on any atom is 0.145 e. The molecular weight excluding hydrogens is 226 g/mol. The van der Waals surface area contributed by atoms with E-state index in [1.54, 1.807) is 6.33 Å². The fourth-order valence-electron chi connectivity index (χ4n) is 2.38. The summed E-state index contributed by atoms with van der Waals surface area (Å²) in [7, 11) is 6.23. The Hall–Kier alpha value is -0.940. The molecule has 0 aliphatic carbocycles. The maximum atomic E-state index is 4.47. The van der Waals surface area contributed by atoms with Crippen molar-refractivity contribution in [2.45, 2.75) is 51.7 Å². The van der Waals surface area contributed by atoms with Crippen molar-refractivity contribution < 1.29 is 0 Å². The minimum Gasteiger partial charge on any atom is -0.309 e. The molecule has 5 heteroatoms. The number of rotatable bonds is 7. The number of nitrogens with one attached hydrogen (secondary N) is 1. The lowest BCUT2D eigenvalue weighted by molar-refractivity contribution is 0.110. The summed E-state index contributed by atoms with van der Waals surface area (Å²) >= 11 is 0. The second-order valence-corrected chi connectivity index (χ2v) is 5.17. The molecule has 5 nitrogen and oxygen atoms in total. The first-order valence-corrected chi connectivity index (χ1v) is 6.73. The molecular formula is C13H27N5. The van der Waals surface area contributed by atoms with Crippen molar-refractivity contribution in [3.63, 3.8) is 0 Å². The number of hydrogen-bond acceptors (Lipinski definition) is 4. The van der Waals surface area contributed by atoms with Gasteiger partial charge in [0.25, 0.3) is 0 Å². The van der Waals surface area contributed by atoms with Gasteiger partial charge in [-0.3, -0.25) is 0 Å². The van der Waals surface area contributed by atoms with E-state index < -0.39 is 0 Å². The third-order valence-electron chi connectivity index (χ3n) is 3.99. The highest BCUT2D eigenvalue weighted by Gasteiger charge is 2.37. The predicted molar refractivity (Wildman–Crippen MR) is 74.5 cm³/mol. The molecule has 2 atom stereocenters. The van der Waals surface area contributed by atoms with Crippen molar-refractivity contribution in [2.75, 3.05) is 21.1 Å². The first-order valence-electron chi connectivity index (χ1n) is 6.73. The Morgan fingerprint density at radius 2 is 2.11 bits per heavy atom.